The van der Waals surface area contributed by atoms with E-state index in [0.717, 1.165) is 24.0 Å². The van der Waals surface area contributed by atoms with Gasteiger partial charge in [-0.05, 0) is 35.8 Å². The second-order valence-corrected chi connectivity index (χ2v) is 4.81. The minimum absolute atomic E-state index is 0.350. The van der Waals surface area contributed by atoms with Crippen LogP contribution >= 0.6 is 0 Å². The molecule has 100 valence electrons. The van der Waals surface area contributed by atoms with Crippen LogP contribution in [-0.4, -0.2) is 6.09 Å². The molecular weight excluding hydrogens is 226 g/mol. The van der Waals surface area contributed by atoms with Gasteiger partial charge in [-0.2, -0.15) is 0 Å². The molecule has 0 heterocycles. The molecule has 0 aromatic heterocycles. The molecule has 3 heteroatoms. The molecule has 18 heavy (non-hydrogen) atoms. The van der Waals surface area contributed by atoms with Gasteiger partial charge in [-0.3, -0.25) is 0 Å². The highest BCUT2D eigenvalue weighted by atomic mass is 16.5. The second kappa shape index (κ2) is 6.43. The molecule has 0 spiro atoms. The van der Waals surface area contributed by atoms with E-state index in [1.54, 1.807) is 0 Å². The van der Waals surface area contributed by atoms with Crippen molar-refractivity contribution in [1.29, 1.82) is 0 Å². The monoisotopic (exact) mass is 249 g/mol. The molecular formula is C15H23NO2. The van der Waals surface area contributed by atoms with Crippen LogP contribution in [0.4, 0.5) is 4.79 Å². The summed E-state index contributed by atoms with van der Waals surface area (Å²) in [5.74, 6) is 1.36. The van der Waals surface area contributed by atoms with E-state index in [2.05, 4.69) is 27.7 Å². The lowest BCUT2D eigenvalue weighted by Gasteiger charge is -2.20. The van der Waals surface area contributed by atoms with Crippen LogP contribution in [0.15, 0.2) is 18.2 Å². The number of carbonyl (C=O) groups excluding carboxylic acids is 1. The summed E-state index contributed by atoms with van der Waals surface area (Å²) in [6, 6.07) is 6.05. The largest absolute Gasteiger partial charge is 0.410 e. The smallest absolute Gasteiger partial charge is 0.409 e. The SMILES string of the molecule is CCC(C)c1cccc(C(C)CC)c1OC(N)=O. The molecule has 0 aliphatic heterocycles. The zero-order chi connectivity index (χ0) is 13.7. The first-order valence-electron chi connectivity index (χ1n) is 6.61. The molecule has 0 bridgehead atoms. The van der Waals surface area contributed by atoms with E-state index in [1.807, 2.05) is 18.2 Å². The third-order valence-corrected chi connectivity index (χ3v) is 3.57. The maximum Gasteiger partial charge on any atom is 0.409 e. The summed E-state index contributed by atoms with van der Waals surface area (Å²) in [7, 11) is 0. The van der Waals surface area contributed by atoms with Crippen LogP contribution in [-0.2, 0) is 0 Å². The molecule has 0 radical (unpaired) electrons. The Kier molecular flexibility index (Phi) is 5.20. The lowest BCUT2D eigenvalue weighted by atomic mass is 9.90. The molecule has 0 saturated heterocycles. The van der Waals surface area contributed by atoms with Crippen molar-refractivity contribution < 1.29 is 9.53 Å². The number of carbonyl (C=O) groups is 1. The van der Waals surface area contributed by atoms with Crippen molar-refractivity contribution >= 4 is 6.09 Å². The lowest BCUT2D eigenvalue weighted by molar-refractivity contribution is 0.209. The quantitative estimate of drug-likeness (QED) is 0.851. The first-order valence-corrected chi connectivity index (χ1v) is 6.61. The van der Waals surface area contributed by atoms with Gasteiger partial charge in [0.15, 0.2) is 0 Å². The highest BCUT2D eigenvalue weighted by Gasteiger charge is 2.18. The number of hydrogen-bond donors (Lipinski definition) is 1. The maximum absolute atomic E-state index is 11.1. The summed E-state index contributed by atoms with van der Waals surface area (Å²) in [4.78, 5) is 11.1. The average molecular weight is 249 g/mol. The Hall–Kier alpha value is -1.51. The Morgan fingerprint density at radius 3 is 1.94 bits per heavy atom. The van der Waals surface area contributed by atoms with Crippen LogP contribution in [0.25, 0.3) is 0 Å². The molecule has 1 aromatic carbocycles. The molecule has 0 aliphatic rings. The van der Waals surface area contributed by atoms with Crippen molar-refractivity contribution in [2.24, 2.45) is 5.73 Å². The third kappa shape index (κ3) is 3.25. The predicted octanol–water partition coefficient (Wildman–Crippen LogP) is 4.17. The van der Waals surface area contributed by atoms with Crippen LogP contribution in [0.2, 0.25) is 0 Å². The molecule has 1 amide bonds. The standard InChI is InChI=1S/C15H23NO2/c1-5-10(3)12-8-7-9-13(11(4)6-2)14(12)18-15(16)17/h7-11H,5-6H2,1-4H3,(H2,16,17). The Morgan fingerprint density at radius 2 is 1.61 bits per heavy atom. The van der Waals surface area contributed by atoms with Crippen molar-refractivity contribution in [2.45, 2.75) is 52.4 Å². The van der Waals surface area contributed by atoms with Gasteiger partial charge in [-0.25, -0.2) is 4.79 Å². The highest BCUT2D eigenvalue weighted by Crippen LogP contribution is 2.36. The molecule has 0 fully saturated rings. The number of nitrogens with two attached hydrogens (primary N) is 1. The van der Waals surface area contributed by atoms with Crippen molar-refractivity contribution in [3.8, 4) is 5.75 Å². The van der Waals surface area contributed by atoms with E-state index >= 15 is 0 Å². The average Bonchev–Trinajstić information content (AvgIpc) is 2.36. The van der Waals surface area contributed by atoms with Gasteiger partial charge in [0.05, 0.1) is 0 Å². The fraction of sp³-hybridized carbons (Fsp3) is 0.533. The predicted molar refractivity (Wildman–Crippen MR) is 74.1 cm³/mol. The van der Waals surface area contributed by atoms with Gasteiger partial charge < -0.3 is 10.5 Å². The molecule has 2 N–H and O–H groups in total. The second-order valence-electron chi connectivity index (χ2n) is 4.81. The van der Waals surface area contributed by atoms with Crippen LogP contribution in [0.5, 0.6) is 5.75 Å². The summed E-state index contributed by atoms with van der Waals surface area (Å²) in [6.07, 6.45) is 1.26. The Balaban J connectivity index is 3.29. The van der Waals surface area contributed by atoms with E-state index < -0.39 is 6.09 Å². The molecule has 0 aliphatic carbocycles. The van der Waals surface area contributed by atoms with Crippen LogP contribution in [0, 0.1) is 0 Å². The summed E-state index contributed by atoms with van der Waals surface area (Å²) in [6.45, 7) is 8.50. The molecule has 3 nitrogen and oxygen atoms in total. The van der Waals surface area contributed by atoms with Gasteiger partial charge in [0, 0.05) is 0 Å². The fourth-order valence-electron chi connectivity index (χ4n) is 2.01. The minimum Gasteiger partial charge on any atom is -0.410 e. The van der Waals surface area contributed by atoms with Crippen molar-refractivity contribution in [1.82, 2.24) is 0 Å². The molecule has 1 aromatic rings. The van der Waals surface area contributed by atoms with Gasteiger partial charge in [0.1, 0.15) is 5.75 Å². The topological polar surface area (TPSA) is 52.3 Å². The van der Waals surface area contributed by atoms with E-state index in [-0.39, 0.29) is 0 Å². The fourth-order valence-corrected chi connectivity index (χ4v) is 2.01. The van der Waals surface area contributed by atoms with E-state index in [9.17, 15) is 4.79 Å². The number of amides is 1. The zero-order valence-corrected chi connectivity index (χ0v) is 11.7. The van der Waals surface area contributed by atoms with Gasteiger partial charge in [-0.15, -0.1) is 0 Å². The number of para-hydroxylation sites is 1. The molecule has 2 unspecified atom stereocenters. The molecule has 0 saturated carbocycles. The van der Waals surface area contributed by atoms with Crippen LogP contribution < -0.4 is 10.5 Å². The number of ether oxygens (including phenoxy) is 1. The normalized spacial score (nSPS) is 14.0. The minimum atomic E-state index is -0.740. The zero-order valence-electron chi connectivity index (χ0n) is 11.7. The lowest BCUT2D eigenvalue weighted by Crippen LogP contribution is -2.19. The van der Waals surface area contributed by atoms with Gasteiger partial charge in [0.25, 0.3) is 0 Å². The van der Waals surface area contributed by atoms with Crippen molar-refractivity contribution in [3.05, 3.63) is 29.3 Å². The Labute approximate surface area is 109 Å². The number of benzene rings is 1. The van der Waals surface area contributed by atoms with Gasteiger partial charge in [-0.1, -0.05) is 45.9 Å². The van der Waals surface area contributed by atoms with Gasteiger partial charge in [0.2, 0.25) is 0 Å². The first kappa shape index (κ1) is 14.6. The van der Waals surface area contributed by atoms with Gasteiger partial charge >= 0.3 is 6.09 Å². The maximum atomic E-state index is 11.1. The van der Waals surface area contributed by atoms with Crippen LogP contribution in [0.3, 0.4) is 0 Å². The third-order valence-electron chi connectivity index (χ3n) is 3.57. The van der Waals surface area contributed by atoms with E-state index in [0.29, 0.717) is 17.6 Å². The summed E-state index contributed by atoms with van der Waals surface area (Å²) in [5, 5.41) is 0. The molecule has 1 rings (SSSR count). The summed E-state index contributed by atoms with van der Waals surface area (Å²) < 4.78 is 5.26. The first-order chi connectivity index (χ1) is 8.51. The van der Waals surface area contributed by atoms with Crippen LogP contribution in [0.1, 0.15) is 63.5 Å². The molecule has 2 atom stereocenters. The van der Waals surface area contributed by atoms with Crippen molar-refractivity contribution in [2.75, 3.05) is 0 Å². The summed E-state index contributed by atoms with van der Waals surface area (Å²) >= 11 is 0. The summed E-state index contributed by atoms with van der Waals surface area (Å²) in [5.41, 5.74) is 7.31. The van der Waals surface area contributed by atoms with E-state index in [1.165, 1.54) is 0 Å². The number of hydrogen-bond acceptors (Lipinski definition) is 2. The highest BCUT2D eigenvalue weighted by molar-refractivity contribution is 5.69. The Bertz CT molecular complexity index is 387. The van der Waals surface area contributed by atoms with Crippen molar-refractivity contribution in [3.63, 3.8) is 0 Å². The number of rotatable bonds is 5. The van der Waals surface area contributed by atoms with E-state index in [4.69, 9.17) is 10.5 Å². The number of primary amides is 1. The Morgan fingerprint density at radius 1 is 1.17 bits per heavy atom.